The van der Waals surface area contributed by atoms with Crippen molar-refractivity contribution in [3.63, 3.8) is 0 Å². The van der Waals surface area contributed by atoms with Crippen LogP contribution in [0.2, 0.25) is 0 Å². The molecule has 1 fully saturated rings. The number of ether oxygens (including phenoxy) is 2. The molecule has 0 saturated heterocycles. The van der Waals surface area contributed by atoms with Gasteiger partial charge in [-0.25, -0.2) is 0 Å². The normalized spacial score (nSPS) is 24.4. The minimum atomic E-state index is -0.0823. The molecule has 1 heterocycles. The van der Waals surface area contributed by atoms with Crippen LogP contribution in [0.4, 0.5) is 0 Å². The molecule has 20 heavy (non-hydrogen) atoms. The highest BCUT2D eigenvalue weighted by Gasteiger charge is 2.22. The van der Waals surface area contributed by atoms with Crippen molar-refractivity contribution < 1.29 is 14.3 Å². The number of rotatable bonds is 3. The van der Waals surface area contributed by atoms with E-state index in [9.17, 15) is 4.79 Å². The Kier molecular flexibility index (Phi) is 3.78. The fraction of sp³-hybridized carbons (Fsp3) is 0.533. The predicted molar refractivity (Wildman–Crippen MR) is 74.8 cm³/mol. The Labute approximate surface area is 118 Å². The SMILES string of the molecule is NC1CCCCC1CNC(=O)c1ccc2c(c1)OCO2. The Bertz CT molecular complexity index is 504. The first-order valence-corrected chi connectivity index (χ1v) is 7.17. The first kappa shape index (κ1) is 13.2. The zero-order chi connectivity index (χ0) is 13.9. The number of fused-ring (bicyclic) bond motifs is 1. The van der Waals surface area contributed by atoms with Gasteiger partial charge < -0.3 is 20.5 Å². The fourth-order valence-corrected chi connectivity index (χ4v) is 2.85. The van der Waals surface area contributed by atoms with Gasteiger partial charge in [-0.2, -0.15) is 0 Å². The number of nitrogens with two attached hydrogens (primary N) is 1. The van der Waals surface area contributed by atoms with Crippen LogP contribution in [0.3, 0.4) is 0 Å². The lowest BCUT2D eigenvalue weighted by molar-refractivity contribution is 0.0941. The average molecular weight is 276 g/mol. The molecule has 1 aliphatic heterocycles. The quantitative estimate of drug-likeness (QED) is 0.880. The monoisotopic (exact) mass is 276 g/mol. The van der Waals surface area contributed by atoms with Crippen LogP contribution >= 0.6 is 0 Å². The van der Waals surface area contributed by atoms with E-state index in [1.165, 1.54) is 12.8 Å². The Balaban J connectivity index is 1.59. The number of benzene rings is 1. The number of hydrogen-bond acceptors (Lipinski definition) is 4. The summed E-state index contributed by atoms with van der Waals surface area (Å²) in [6, 6.07) is 5.45. The summed E-state index contributed by atoms with van der Waals surface area (Å²) in [4.78, 5) is 12.1. The van der Waals surface area contributed by atoms with E-state index < -0.39 is 0 Å². The van der Waals surface area contributed by atoms with Crippen LogP contribution < -0.4 is 20.5 Å². The van der Waals surface area contributed by atoms with E-state index >= 15 is 0 Å². The van der Waals surface area contributed by atoms with Gasteiger partial charge in [0.15, 0.2) is 11.5 Å². The van der Waals surface area contributed by atoms with Crippen LogP contribution in [0.15, 0.2) is 18.2 Å². The van der Waals surface area contributed by atoms with Crippen molar-refractivity contribution in [2.75, 3.05) is 13.3 Å². The molecule has 0 spiro atoms. The fourth-order valence-electron chi connectivity index (χ4n) is 2.85. The van der Waals surface area contributed by atoms with Crippen molar-refractivity contribution in [2.24, 2.45) is 11.7 Å². The molecule has 1 aliphatic carbocycles. The van der Waals surface area contributed by atoms with Gasteiger partial charge in [-0.15, -0.1) is 0 Å². The number of carbonyl (C=O) groups excluding carboxylic acids is 1. The lowest BCUT2D eigenvalue weighted by Gasteiger charge is -2.28. The number of carbonyl (C=O) groups is 1. The molecule has 108 valence electrons. The molecule has 1 aromatic rings. The molecule has 3 rings (SSSR count). The van der Waals surface area contributed by atoms with E-state index in [0.717, 1.165) is 12.8 Å². The molecule has 1 aromatic carbocycles. The molecule has 2 unspecified atom stereocenters. The zero-order valence-corrected chi connectivity index (χ0v) is 11.4. The van der Waals surface area contributed by atoms with Gasteiger partial charge in [0, 0.05) is 18.2 Å². The molecule has 2 aliphatic rings. The first-order chi connectivity index (χ1) is 9.74. The van der Waals surface area contributed by atoms with Gasteiger partial charge in [-0.05, 0) is 37.0 Å². The highest BCUT2D eigenvalue weighted by atomic mass is 16.7. The molecule has 5 heteroatoms. The Morgan fingerprint density at radius 2 is 2.05 bits per heavy atom. The second-order valence-corrected chi connectivity index (χ2v) is 5.49. The zero-order valence-electron chi connectivity index (χ0n) is 11.4. The largest absolute Gasteiger partial charge is 0.454 e. The molecule has 2 atom stereocenters. The average Bonchev–Trinajstić information content (AvgIpc) is 2.93. The highest BCUT2D eigenvalue weighted by molar-refractivity contribution is 5.94. The Morgan fingerprint density at radius 1 is 1.25 bits per heavy atom. The standard InChI is InChI=1S/C15H20N2O3/c16-12-4-2-1-3-11(12)8-17-15(18)10-5-6-13-14(7-10)20-9-19-13/h5-7,11-12H,1-4,8-9,16H2,(H,17,18). The topological polar surface area (TPSA) is 73.6 Å². The van der Waals surface area contributed by atoms with Crippen molar-refractivity contribution in [1.82, 2.24) is 5.32 Å². The predicted octanol–water partition coefficient (Wildman–Crippen LogP) is 1.66. The lowest BCUT2D eigenvalue weighted by atomic mass is 9.85. The minimum Gasteiger partial charge on any atom is -0.454 e. The summed E-state index contributed by atoms with van der Waals surface area (Å²) in [5, 5.41) is 2.97. The Hall–Kier alpha value is -1.75. The molecule has 3 N–H and O–H groups in total. The lowest BCUT2D eigenvalue weighted by Crippen LogP contribution is -2.41. The Morgan fingerprint density at radius 3 is 2.90 bits per heavy atom. The van der Waals surface area contributed by atoms with Crippen LogP contribution in [-0.4, -0.2) is 25.3 Å². The van der Waals surface area contributed by atoms with Crippen LogP contribution in [-0.2, 0) is 0 Å². The van der Waals surface area contributed by atoms with E-state index in [2.05, 4.69) is 5.32 Å². The summed E-state index contributed by atoms with van der Waals surface area (Å²) in [7, 11) is 0. The molecule has 1 amide bonds. The number of hydrogen-bond donors (Lipinski definition) is 2. The smallest absolute Gasteiger partial charge is 0.251 e. The number of amides is 1. The summed E-state index contributed by atoms with van der Waals surface area (Å²) < 4.78 is 10.5. The van der Waals surface area contributed by atoms with Gasteiger partial charge in [0.2, 0.25) is 6.79 Å². The minimum absolute atomic E-state index is 0.0823. The summed E-state index contributed by atoms with van der Waals surface area (Å²) in [5.41, 5.74) is 6.69. The molecular formula is C15H20N2O3. The van der Waals surface area contributed by atoms with Crippen molar-refractivity contribution in [2.45, 2.75) is 31.7 Å². The third kappa shape index (κ3) is 2.72. The summed E-state index contributed by atoms with van der Waals surface area (Å²) in [6.45, 7) is 0.867. The van der Waals surface area contributed by atoms with Crippen LogP contribution in [0.5, 0.6) is 11.5 Å². The molecule has 0 bridgehead atoms. The molecule has 0 radical (unpaired) electrons. The van der Waals surface area contributed by atoms with Crippen LogP contribution in [0.1, 0.15) is 36.0 Å². The van der Waals surface area contributed by atoms with Crippen molar-refractivity contribution in [3.05, 3.63) is 23.8 Å². The van der Waals surface area contributed by atoms with Gasteiger partial charge in [-0.3, -0.25) is 4.79 Å². The molecule has 5 nitrogen and oxygen atoms in total. The van der Waals surface area contributed by atoms with Crippen molar-refractivity contribution >= 4 is 5.91 Å². The maximum Gasteiger partial charge on any atom is 0.251 e. The van der Waals surface area contributed by atoms with Crippen molar-refractivity contribution in [3.8, 4) is 11.5 Å². The maximum absolute atomic E-state index is 12.1. The number of nitrogens with one attached hydrogen (secondary N) is 1. The van der Waals surface area contributed by atoms with Gasteiger partial charge in [-0.1, -0.05) is 12.8 Å². The summed E-state index contributed by atoms with van der Waals surface area (Å²) >= 11 is 0. The second kappa shape index (κ2) is 5.71. The third-order valence-corrected chi connectivity index (χ3v) is 4.13. The van der Waals surface area contributed by atoms with Crippen molar-refractivity contribution in [1.29, 1.82) is 0 Å². The van der Waals surface area contributed by atoms with Crippen LogP contribution in [0.25, 0.3) is 0 Å². The van der Waals surface area contributed by atoms with Gasteiger partial charge >= 0.3 is 0 Å². The molecular weight excluding hydrogens is 256 g/mol. The van der Waals surface area contributed by atoms with E-state index in [-0.39, 0.29) is 18.7 Å². The molecule has 0 aromatic heterocycles. The second-order valence-electron chi connectivity index (χ2n) is 5.49. The maximum atomic E-state index is 12.1. The van der Waals surface area contributed by atoms with Crippen LogP contribution in [0, 0.1) is 5.92 Å². The van der Waals surface area contributed by atoms with E-state index in [1.54, 1.807) is 18.2 Å². The summed E-state index contributed by atoms with van der Waals surface area (Å²) in [6.07, 6.45) is 4.57. The first-order valence-electron chi connectivity index (χ1n) is 7.17. The third-order valence-electron chi connectivity index (χ3n) is 4.13. The summed E-state index contributed by atoms with van der Waals surface area (Å²) in [5.74, 6) is 1.63. The van der Waals surface area contributed by atoms with Gasteiger partial charge in [0.1, 0.15) is 0 Å². The van der Waals surface area contributed by atoms with Gasteiger partial charge in [0.25, 0.3) is 5.91 Å². The highest BCUT2D eigenvalue weighted by Crippen LogP contribution is 2.32. The van der Waals surface area contributed by atoms with E-state index in [4.69, 9.17) is 15.2 Å². The molecule has 1 saturated carbocycles. The van der Waals surface area contributed by atoms with E-state index in [1.807, 2.05) is 0 Å². The van der Waals surface area contributed by atoms with Gasteiger partial charge in [0.05, 0.1) is 0 Å². The van der Waals surface area contributed by atoms with E-state index in [0.29, 0.717) is 29.5 Å².